The Morgan fingerprint density at radius 3 is 2.80 bits per heavy atom. The van der Waals surface area contributed by atoms with Gasteiger partial charge in [0.2, 0.25) is 0 Å². The summed E-state index contributed by atoms with van der Waals surface area (Å²) in [5.74, 6) is 0.145. The molecule has 0 saturated carbocycles. The lowest BCUT2D eigenvalue weighted by molar-refractivity contribution is -0.155. The molecule has 0 saturated heterocycles. The summed E-state index contributed by atoms with van der Waals surface area (Å²) in [4.78, 5) is 30.7. The van der Waals surface area contributed by atoms with E-state index in [4.69, 9.17) is 9.47 Å². The van der Waals surface area contributed by atoms with Crippen molar-refractivity contribution in [3.63, 3.8) is 0 Å². The second-order valence-corrected chi connectivity index (χ2v) is 7.07. The number of amides is 1. The fourth-order valence-electron chi connectivity index (χ4n) is 2.63. The van der Waals surface area contributed by atoms with Crippen LogP contribution < -0.4 is 5.32 Å². The van der Waals surface area contributed by atoms with Crippen LogP contribution in [-0.2, 0) is 20.7 Å². The van der Waals surface area contributed by atoms with E-state index in [0.29, 0.717) is 18.7 Å². The average Bonchev–Trinajstić information content (AvgIpc) is 2.56. The molecular formula is C18H27N3O4. The Morgan fingerprint density at radius 1 is 1.36 bits per heavy atom. The highest BCUT2D eigenvalue weighted by molar-refractivity contribution is 5.96. The van der Waals surface area contributed by atoms with E-state index in [1.807, 2.05) is 6.07 Å². The molecular weight excluding hydrogens is 322 g/mol. The smallest absolute Gasteiger partial charge is 0.326 e. The van der Waals surface area contributed by atoms with Crippen LogP contribution in [0.15, 0.2) is 12.3 Å². The van der Waals surface area contributed by atoms with Crippen LogP contribution in [0.1, 0.15) is 43.1 Å². The third-order valence-corrected chi connectivity index (χ3v) is 3.72. The number of carbonyl (C=O) groups is 2. The lowest BCUT2D eigenvalue weighted by atomic mass is 10.0. The number of rotatable bonds is 6. The highest BCUT2D eigenvalue weighted by Crippen LogP contribution is 2.21. The normalized spacial score (nSPS) is 13.6. The highest BCUT2D eigenvalue weighted by Gasteiger charge is 2.24. The minimum absolute atomic E-state index is 0.116. The first-order valence-electron chi connectivity index (χ1n) is 8.53. The molecule has 7 heteroatoms. The number of nitrogens with one attached hydrogen (secondary N) is 1. The molecule has 0 radical (unpaired) electrons. The van der Waals surface area contributed by atoms with Crippen LogP contribution in [0.5, 0.6) is 0 Å². The minimum atomic E-state index is -0.591. The standard InChI is InChI=1S/C18H27N3O4/c1-18(2,3)25-15(22)12-21(8-9-24-4)17(23)14-10-13-6-5-7-19-16(13)20-11-14/h10-11H,5-9,12H2,1-4H3,(H,19,20). The van der Waals surface area contributed by atoms with Crippen LogP contribution in [-0.4, -0.2) is 60.7 Å². The number of aryl methyl sites for hydroxylation is 1. The summed E-state index contributed by atoms with van der Waals surface area (Å²) >= 11 is 0. The molecule has 1 aromatic rings. The van der Waals surface area contributed by atoms with Crippen LogP contribution in [0.3, 0.4) is 0 Å². The molecule has 7 nitrogen and oxygen atoms in total. The SMILES string of the molecule is COCCN(CC(=O)OC(C)(C)C)C(=O)c1cnc2c(c1)CCCN2. The van der Waals surface area contributed by atoms with Gasteiger partial charge >= 0.3 is 5.97 Å². The van der Waals surface area contributed by atoms with Gasteiger partial charge in [-0.15, -0.1) is 0 Å². The summed E-state index contributed by atoms with van der Waals surface area (Å²) in [6, 6.07) is 1.85. The number of hydrogen-bond donors (Lipinski definition) is 1. The maximum absolute atomic E-state index is 12.8. The molecule has 138 valence electrons. The molecule has 1 aliphatic heterocycles. The number of carbonyl (C=O) groups excluding carboxylic acids is 2. The first-order valence-corrected chi connectivity index (χ1v) is 8.53. The van der Waals surface area contributed by atoms with Crippen molar-refractivity contribution in [2.75, 3.05) is 38.7 Å². The van der Waals surface area contributed by atoms with Gasteiger partial charge < -0.3 is 19.7 Å². The summed E-state index contributed by atoms with van der Waals surface area (Å²) < 4.78 is 10.4. The lowest BCUT2D eigenvalue weighted by Gasteiger charge is -2.25. The van der Waals surface area contributed by atoms with Crippen molar-refractivity contribution < 1.29 is 19.1 Å². The molecule has 25 heavy (non-hydrogen) atoms. The van der Waals surface area contributed by atoms with E-state index in [2.05, 4.69) is 10.3 Å². The van der Waals surface area contributed by atoms with E-state index in [9.17, 15) is 9.59 Å². The monoisotopic (exact) mass is 349 g/mol. The van der Waals surface area contributed by atoms with Gasteiger partial charge in [0.05, 0.1) is 12.2 Å². The van der Waals surface area contributed by atoms with Crippen LogP contribution in [0.2, 0.25) is 0 Å². The molecule has 0 aliphatic carbocycles. The van der Waals surface area contributed by atoms with Gasteiger partial charge in [-0.25, -0.2) is 4.98 Å². The Hall–Kier alpha value is -2.15. The predicted molar refractivity (Wildman–Crippen MR) is 94.7 cm³/mol. The van der Waals surface area contributed by atoms with Gasteiger partial charge in [0.25, 0.3) is 5.91 Å². The molecule has 1 aliphatic rings. The highest BCUT2D eigenvalue weighted by atomic mass is 16.6. The number of pyridine rings is 1. The van der Waals surface area contributed by atoms with Crippen molar-refractivity contribution in [3.05, 3.63) is 23.4 Å². The summed E-state index contributed by atoms with van der Waals surface area (Å²) in [6.07, 6.45) is 3.45. The summed E-state index contributed by atoms with van der Waals surface area (Å²) in [5.41, 5.74) is 0.912. The predicted octanol–water partition coefficient (Wildman–Crippen LogP) is 1.87. The van der Waals surface area contributed by atoms with E-state index >= 15 is 0 Å². The molecule has 0 unspecified atom stereocenters. The van der Waals surface area contributed by atoms with E-state index in [1.165, 1.54) is 4.90 Å². The molecule has 2 heterocycles. The summed E-state index contributed by atoms with van der Waals surface area (Å²) in [6.45, 7) is 6.82. The summed E-state index contributed by atoms with van der Waals surface area (Å²) in [5, 5.41) is 3.22. The van der Waals surface area contributed by atoms with Crippen molar-refractivity contribution in [1.29, 1.82) is 0 Å². The van der Waals surface area contributed by atoms with Crippen molar-refractivity contribution >= 4 is 17.7 Å². The number of methoxy groups -OCH3 is 1. The number of aromatic nitrogens is 1. The quantitative estimate of drug-likeness (QED) is 0.790. The Bertz CT molecular complexity index is 625. The van der Waals surface area contributed by atoms with Gasteiger partial charge in [0.15, 0.2) is 0 Å². The first-order chi connectivity index (χ1) is 11.8. The van der Waals surface area contributed by atoms with E-state index < -0.39 is 11.6 Å². The van der Waals surface area contributed by atoms with E-state index in [-0.39, 0.29) is 12.5 Å². The van der Waals surface area contributed by atoms with Crippen LogP contribution in [0.4, 0.5) is 5.82 Å². The lowest BCUT2D eigenvalue weighted by Crippen LogP contribution is -2.40. The molecule has 0 atom stereocenters. The van der Waals surface area contributed by atoms with Gasteiger partial charge in [-0.05, 0) is 45.2 Å². The van der Waals surface area contributed by atoms with Crippen LogP contribution >= 0.6 is 0 Å². The molecule has 0 bridgehead atoms. The zero-order valence-corrected chi connectivity index (χ0v) is 15.4. The Morgan fingerprint density at radius 2 is 2.12 bits per heavy atom. The number of fused-ring (bicyclic) bond motifs is 1. The fourth-order valence-corrected chi connectivity index (χ4v) is 2.63. The average molecular weight is 349 g/mol. The second-order valence-electron chi connectivity index (χ2n) is 7.07. The fraction of sp³-hybridized carbons (Fsp3) is 0.611. The maximum Gasteiger partial charge on any atom is 0.326 e. The largest absolute Gasteiger partial charge is 0.459 e. The van der Waals surface area contributed by atoms with Gasteiger partial charge in [-0.1, -0.05) is 0 Å². The van der Waals surface area contributed by atoms with Crippen molar-refractivity contribution in [1.82, 2.24) is 9.88 Å². The molecule has 0 spiro atoms. The Kier molecular flexibility index (Phi) is 6.36. The zero-order valence-electron chi connectivity index (χ0n) is 15.4. The third-order valence-electron chi connectivity index (χ3n) is 3.72. The van der Waals surface area contributed by atoms with Gasteiger partial charge in [0, 0.05) is 26.4 Å². The summed E-state index contributed by atoms with van der Waals surface area (Å²) in [7, 11) is 1.56. The number of hydrogen-bond acceptors (Lipinski definition) is 6. The Labute approximate surface area is 148 Å². The first kappa shape index (κ1) is 19.2. The molecule has 2 rings (SSSR count). The topological polar surface area (TPSA) is 80.8 Å². The van der Waals surface area contributed by atoms with Crippen LogP contribution in [0, 0.1) is 0 Å². The Balaban J connectivity index is 2.13. The molecule has 1 aromatic heterocycles. The van der Waals surface area contributed by atoms with Gasteiger partial charge in [-0.3, -0.25) is 9.59 Å². The molecule has 1 amide bonds. The van der Waals surface area contributed by atoms with Crippen molar-refractivity contribution in [2.45, 2.75) is 39.2 Å². The van der Waals surface area contributed by atoms with Crippen LogP contribution in [0.25, 0.3) is 0 Å². The van der Waals surface area contributed by atoms with Gasteiger partial charge in [0.1, 0.15) is 18.0 Å². The number of esters is 1. The molecule has 0 fully saturated rings. The van der Waals surface area contributed by atoms with E-state index in [1.54, 1.807) is 34.1 Å². The third kappa shape index (κ3) is 5.70. The number of nitrogens with zero attached hydrogens (tertiary/aromatic N) is 2. The molecule has 1 N–H and O–H groups in total. The van der Waals surface area contributed by atoms with Crippen molar-refractivity contribution in [2.24, 2.45) is 0 Å². The van der Waals surface area contributed by atoms with Gasteiger partial charge in [-0.2, -0.15) is 0 Å². The van der Waals surface area contributed by atoms with Crippen molar-refractivity contribution in [3.8, 4) is 0 Å². The molecule has 0 aromatic carbocycles. The second kappa shape index (κ2) is 8.29. The zero-order chi connectivity index (χ0) is 18.4. The maximum atomic E-state index is 12.8. The van der Waals surface area contributed by atoms with E-state index in [0.717, 1.165) is 30.8 Å². The number of anilines is 1. The minimum Gasteiger partial charge on any atom is -0.459 e. The number of ether oxygens (including phenoxy) is 2.